The van der Waals surface area contributed by atoms with Crippen LogP contribution in [0.15, 0.2) is 108 Å². The Kier molecular flexibility index (Phi) is 6.33. The number of para-hydroxylation sites is 1. The second-order valence-electron chi connectivity index (χ2n) is 6.99. The third kappa shape index (κ3) is 4.77. The first-order valence-electron chi connectivity index (χ1n) is 9.62. The molecule has 0 amide bonds. The van der Waals surface area contributed by atoms with Crippen LogP contribution in [0.3, 0.4) is 0 Å². The predicted molar refractivity (Wildman–Crippen MR) is 128 cm³/mol. The van der Waals surface area contributed by atoms with E-state index in [-0.39, 0.29) is 16.5 Å². The van der Waals surface area contributed by atoms with Crippen molar-refractivity contribution in [3.8, 4) is 11.1 Å². The van der Waals surface area contributed by atoms with Gasteiger partial charge >= 0.3 is 0 Å². The first-order chi connectivity index (χ1) is 14.9. The lowest BCUT2D eigenvalue weighted by molar-refractivity contribution is 0.590. The van der Waals surface area contributed by atoms with Crippen molar-refractivity contribution in [2.24, 2.45) is 0 Å². The van der Waals surface area contributed by atoms with Gasteiger partial charge in [-0.25, -0.2) is 8.42 Å². The molecule has 0 aliphatic carbocycles. The van der Waals surface area contributed by atoms with Gasteiger partial charge in [-0.2, -0.15) is 0 Å². The second-order valence-corrected chi connectivity index (χ2v) is 9.66. The molecule has 0 N–H and O–H groups in total. The maximum atomic E-state index is 13.5. The number of sulfonamides is 1. The lowest BCUT2D eigenvalue weighted by Crippen LogP contribution is -2.30. The Bertz CT molecular complexity index is 1280. The van der Waals surface area contributed by atoms with Crippen molar-refractivity contribution < 1.29 is 8.42 Å². The predicted octanol–water partition coefficient (Wildman–Crippen LogP) is 7.06. The number of halogens is 2. The lowest BCUT2D eigenvalue weighted by atomic mass is 10.0. The Balaban J connectivity index is 1.70. The third-order valence-electron chi connectivity index (χ3n) is 4.91. The van der Waals surface area contributed by atoms with Crippen LogP contribution in [-0.2, 0) is 16.6 Å². The van der Waals surface area contributed by atoms with E-state index >= 15 is 0 Å². The van der Waals surface area contributed by atoms with E-state index in [4.69, 9.17) is 23.2 Å². The standard InChI is InChI=1S/C25H19Cl2NO2S/c26-24-16-15-23(17-25(24)27)31(29,30)28(22-9-5-2-6-10-22)18-19-11-13-21(14-12-19)20-7-3-1-4-8-20/h1-17H,18H2. The zero-order chi connectivity index (χ0) is 21.8. The highest BCUT2D eigenvalue weighted by molar-refractivity contribution is 7.92. The smallest absolute Gasteiger partial charge is 0.262 e. The van der Waals surface area contributed by atoms with Gasteiger partial charge in [0.25, 0.3) is 10.0 Å². The van der Waals surface area contributed by atoms with Gasteiger partial charge in [0.2, 0.25) is 0 Å². The molecular formula is C25H19Cl2NO2S. The average Bonchev–Trinajstić information content (AvgIpc) is 2.80. The molecule has 31 heavy (non-hydrogen) atoms. The fourth-order valence-corrected chi connectivity index (χ4v) is 5.12. The molecule has 0 atom stereocenters. The first kappa shape index (κ1) is 21.4. The van der Waals surface area contributed by atoms with Crippen molar-refractivity contribution in [1.29, 1.82) is 0 Å². The van der Waals surface area contributed by atoms with E-state index in [0.29, 0.717) is 10.7 Å². The maximum absolute atomic E-state index is 13.5. The molecule has 3 nitrogen and oxygen atoms in total. The van der Waals surface area contributed by atoms with Gasteiger partial charge in [0.15, 0.2) is 0 Å². The van der Waals surface area contributed by atoms with Gasteiger partial charge in [-0.15, -0.1) is 0 Å². The largest absolute Gasteiger partial charge is 0.264 e. The molecule has 0 radical (unpaired) electrons. The number of nitrogens with zero attached hydrogens (tertiary/aromatic N) is 1. The molecule has 0 aromatic heterocycles. The van der Waals surface area contributed by atoms with Crippen LogP contribution in [0.4, 0.5) is 5.69 Å². The molecule has 0 heterocycles. The SMILES string of the molecule is O=S(=O)(c1ccc(Cl)c(Cl)c1)N(Cc1ccc(-c2ccccc2)cc1)c1ccccc1. The molecule has 4 aromatic carbocycles. The quantitative estimate of drug-likeness (QED) is 0.304. The monoisotopic (exact) mass is 467 g/mol. The van der Waals surface area contributed by atoms with Crippen LogP contribution in [0.2, 0.25) is 10.0 Å². The van der Waals surface area contributed by atoms with Gasteiger partial charge in [-0.05, 0) is 47.0 Å². The lowest BCUT2D eigenvalue weighted by Gasteiger charge is -2.25. The van der Waals surface area contributed by atoms with Crippen LogP contribution in [0.25, 0.3) is 11.1 Å². The number of hydrogen-bond donors (Lipinski definition) is 0. The van der Waals surface area contributed by atoms with Gasteiger partial charge in [0.1, 0.15) is 0 Å². The van der Waals surface area contributed by atoms with Crippen molar-refractivity contribution in [1.82, 2.24) is 0 Å². The molecule has 6 heteroatoms. The van der Waals surface area contributed by atoms with Crippen LogP contribution < -0.4 is 4.31 Å². The number of rotatable bonds is 6. The summed E-state index contributed by atoms with van der Waals surface area (Å²) in [5, 5.41) is 0.506. The molecule has 0 aliphatic rings. The molecule has 0 unspecified atom stereocenters. The molecule has 0 saturated heterocycles. The van der Waals surface area contributed by atoms with Crippen molar-refractivity contribution in [3.05, 3.63) is 119 Å². The number of benzene rings is 4. The molecule has 156 valence electrons. The van der Waals surface area contributed by atoms with Crippen LogP contribution in [0.1, 0.15) is 5.56 Å². The fourth-order valence-electron chi connectivity index (χ4n) is 3.27. The molecule has 0 bridgehead atoms. The topological polar surface area (TPSA) is 37.4 Å². The highest BCUT2D eigenvalue weighted by Crippen LogP contribution is 2.30. The summed E-state index contributed by atoms with van der Waals surface area (Å²) in [7, 11) is -3.86. The zero-order valence-corrected chi connectivity index (χ0v) is 18.8. The third-order valence-corrected chi connectivity index (χ3v) is 7.42. The Morgan fingerprint density at radius 3 is 1.84 bits per heavy atom. The molecule has 4 aromatic rings. The second kappa shape index (κ2) is 9.15. The van der Waals surface area contributed by atoms with E-state index in [0.717, 1.165) is 16.7 Å². The van der Waals surface area contributed by atoms with E-state index in [9.17, 15) is 8.42 Å². The summed E-state index contributed by atoms with van der Waals surface area (Å²) in [5.41, 5.74) is 3.62. The van der Waals surface area contributed by atoms with Gasteiger partial charge in [-0.1, -0.05) is 96.0 Å². The first-order valence-corrected chi connectivity index (χ1v) is 11.8. The van der Waals surface area contributed by atoms with Crippen LogP contribution in [0.5, 0.6) is 0 Å². The Morgan fingerprint density at radius 2 is 1.23 bits per heavy atom. The molecule has 0 spiro atoms. The van der Waals surface area contributed by atoms with E-state index in [1.54, 1.807) is 12.1 Å². The van der Waals surface area contributed by atoms with Gasteiger partial charge < -0.3 is 0 Å². The molecule has 4 rings (SSSR count). The van der Waals surface area contributed by atoms with E-state index in [2.05, 4.69) is 0 Å². The van der Waals surface area contributed by atoms with Crippen molar-refractivity contribution in [2.45, 2.75) is 11.4 Å². The summed E-state index contributed by atoms with van der Waals surface area (Å²) < 4.78 is 28.4. The van der Waals surface area contributed by atoms with Gasteiger partial charge in [0, 0.05) is 0 Å². The number of hydrogen-bond acceptors (Lipinski definition) is 2. The molecular weight excluding hydrogens is 449 g/mol. The summed E-state index contributed by atoms with van der Waals surface area (Å²) >= 11 is 12.1. The van der Waals surface area contributed by atoms with E-state index in [1.807, 2.05) is 72.8 Å². The Morgan fingerprint density at radius 1 is 0.645 bits per heavy atom. The normalized spacial score (nSPS) is 11.3. The zero-order valence-electron chi connectivity index (χ0n) is 16.4. The minimum absolute atomic E-state index is 0.0895. The van der Waals surface area contributed by atoms with Crippen LogP contribution >= 0.6 is 23.2 Å². The highest BCUT2D eigenvalue weighted by atomic mass is 35.5. The van der Waals surface area contributed by atoms with Crippen molar-refractivity contribution in [2.75, 3.05) is 4.31 Å². The van der Waals surface area contributed by atoms with Crippen molar-refractivity contribution in [3.63, 3.8) is 0 Å². The van der Waals surface area contributed by atoms with Gasteiger partial charge in [-0.3, -0.25) is 4.31 Å². The van der Waals surface area contributed by atoms with E-state index < -0.39 is 10.0 Å². The van der Waals surface area contributed by atoms with Gasteiger partial charge in [0.05, 0.1) is 27.2 Å². The van der Waals surface area contributed by atoms with Crippen LogP contribution in [-0.4, -0.2) is 8.42 Å². The summed E-state index contributed by atoms with van der Waals surface area (Å²) in [6, 6.07) is 31.3. The fraction of sp³-hybridized carbons (Fsp3) is 0.0400. The maximum Gasteiger partial charge on any atom is 0.264 e. The Labute approximate surface area is 192 Å². The molecule has 0 fully saturated rings. The molecule has 0 aliphatic heterocycles. The van der Waals surface area contributed by atoms with E-state index in [1.165, 1.54) is 22.5 Å². The summed E-state index contributed by atoms with van der Waals surface area (Å²) in [6.45, 7) is 0.182. The average molecular weight is 468 g/mol. The molecule has 0 saturated carbocycles. The summed E-state index contributed by atoms with van der Waals surface area (Å²) in [5.74, 6) is 0. The minimum atomic E-state index is -3.86. The summed E-state index contributed by atoms with van der Waals surface area (Å²) in [4.78, 5) is 0.0895. The number of anilines is 1. The Hall–Kier alpha value is -2.79. The van der Waals surface area contributed by atoms with Crippen LogP contribution in [0, 0.1) is 0 Å². The summed E-state index contributed by atoms with van der Waals surface area (Å²) in [6.07, 6.45) is 0. The van der Waals surface area contributed by atoms with Crippen molar-refractivity contribution >= 4 is 38.9 Å². The minimum Gasteiger partial charge on any atom is -0.262 e. The highest BCUT2D eigenvalue weighted by Gasteiger charge is 2.26.